The highest BCUT2D eigenvalue weighted by atomic mass is 32.2. The van der Waals surface area contributed by atoms with Gasteiger partial charge in [-0.05, 0) is 37.0 Å². The first-order valence-electron chi connectivity index (χ1n) is 9.15. The van der Waals surface area contributed by atoms with Crippen molar-refractivity contribution in [3.63, 3.8) is 0 Å². The average Bonchev–Trinajstić information content (AvgIpc) is 2.90. The Labute approximate surface area is 170 Å². The van der Waals surface area contributed by atoms with Gasteiger partial charge in [0.05, 0.1) is 11.5 Å². The molecule has 1 aromatic carbocycles. The molecular formula is C21H25NO3S2. The molecule has 1 heterocycles. The summed E-state index contributed by atoms with van der Waals surface area (Å²) < 4.78 is 5.67. The lowest BCUT2D eigenvalue weighted by Gasteiger charge is -2.13. The van der Waals surface area contributed by atoms with Crippen molar-refractivity contribution >= 4 is 46.3 Å². The molecule has 144 valence electrons. The molecule has 0 saturated carbocycles. The number of allylic oxidation sites excluding steroid dienone is 2. The predicted octanol–water partition coefficient (Wildman–Crippen LogP) is 4.96. The van der Waals surface area contributed by atoms with Crippen LogP contribution in [0.2, 0.25) is 0 Å². The number of ether oxygens (including phenoxy) is 1. The lowest BCUT2D eigenvalue weighted by atomic mass is 10.1. The summed E-state index contributed by atoms with van der Waals surface area (Å²) in [5, 5.41) is 0. The third-order valence-corrected chi connectivity index (χ3v) is 5.33. The number of amides is 1. The lowest BCUT2D eigenvalue weighted by molar-refractivity contribution is -0.144. The minimum Gasteiger partial charge on any atom is -0.466 e. The average molecular weight is 404 g/mol. The zero-order chi connectivity index (χ0) is 19.6. The number of hydrogen-bond donors (Lipinski definition) is 0. The van der Waals surface area contributed by atoms with Crippen LogP contribution in [0.3, 0.4) is 0 Å². The second-order valence-corrected chi connectivity index (χ2v) is 7.99. The van der Waals surface area contributed by atoms with Crippen LogP contribution in [0.5, 0.6) is 0 Å². The summed E-state index contributed by atoms with van der Waals surface area (Å²) in [6.45, 7) is 4.91. The summed E-state index contributed by atoms with van der Waals surface area (Å²) >= 11 is 6.64. The number of thioether (sulfide) groups is 1. The van der Waals surface area contributed by atoms with Gasteiger partial charge in [-0.2, -0.15) is 0 Å². The molecule has 1 aliphatic rings. The summed E-state index contributed by atoms with van der Waals surface area (Å²) in [5.74, 6) is -0.309. The van der Waals surface area contributed by atoms with E-state index < -0.39 is 0 Å². The van der Waals surface area contributed by atoms with Crippen molar-refractivity contribution in [2.24, 2.45) is 0 Å². The minimum atomic E-state index is -0.217. The number of thiocarbonyl (C=S) groups is 1. The van der Waals surface area contributed by atoms with Crippen LogP contribution in [0.15, 0.2) is 46.9 Å². The number of nitrogens with zero attached hydrogens (tertiary/aromatic N) is 1. The van der Waals surface area contributed by atoms with Crippen molar-refractivity contribution in [1.29, 1.82) is 0 Å². The van der Waals surface area contributed by atoms with Crippen molar-refractivity contribution in [1.82, 2.24) is 4.90 Å². The molecule has 6 heteroatoms. The van der Waals surface area contributed by atoms with Crippen molar-refractivity contribution < 1.29 is 14.3 Å². The number of carbonyl (C=O) groups is 2. The highest BCUT2D eigenvalue weighted by Crippen LogP contribution is 2.32. The zero-order valence-electron chi connectivity index (χ0n) is 15.8. The van der Waals surface area contributed by atoms with Gasteiger partial charge in [-0.25, -0.2) is 0 Å². The Morgan fingerprint density at radius 3 is 2.70 bits per heavy atom. The molecule has 0 atom stereocenters. The Balaban J connectivity index is 1.88. The standard InChI is InChI=1S/C21H25NO3S2/c1-3-4-13-25-19(23)11-8-12-22-20(24)18(27-21(22)26)15-16(2)14-17-9-6-5-7-10-17/h5-7,9-10,14-15H,3-4,8,11-13H2,1-2H3/b16-14+,18-15-. The fourth-order valence-corrected chi connectivity index (χ4v) is 3.90. The van der Waals surface area contributed by atoms with E-state index in [0.29, 0.717) is 35.2 Å². The molecule has 1 amide bonds. The molecule has 0 N–H and O–H groups in total. The molecule has 0 spiro atoms. The molecule has 0 aromatic heterocycles. The van der Waals surface area contributed by atoms with Gasteiger partial charge in [-0.1, -0.05) is 73.7 Å². The Bertz CT molecular complexity index is 741. The molecule has 2 rings (SSSR count). The molecule has 0 aliphatic carbocycles. The van der Waals surface area contributed by atoms with Crippen molar-refractivity contribution in [3.05, 3.63) is 52.4 Å². The third-order valence-electron chi connectivity index (χ3n) is 3.95. The van der Waals surface area contributed by atoms with E-state index in [4.69, 9.17) is 17.0 Å². The SMILES string of the molecule is CCCCOC(=O)CCCN1C(=O)/C(=C/C(C)=C/c2ccccc2)SC1=S. The van der Waals surface area contributed by atoms with Gasteiger partial charge in [0.2, 0.25) is 0 Å². The number of unbranched alkanes of at least 4 members (excludes halogenated alkanes) is 1. The Morgan fingerprint density at radius 1 is 1.26 bits per heavy atom. The Kier molecular flexibility index (Phi) is 8.75. The smallest absolute Gasteiger partial charge is 0.305 e. The van der Waals surface area contributed by atoms with Gasteiger partial charge in [-0.15, -0.1) is 0 Å². The number of carbonyl (C=O) groups excluding carboxylic acids is 2. The molecule has 27 heavy (non-hydrogen) atoms. The van der Waals surface area contributed by atoms with Crippen LogP contribution in [-0.4, -0.2) is 34.2 Å². The summed E-state index contributed by atoms with van der Waals surface area (Å²) in [7, 11) is 0. The summed E-state index contributed by atoms with van der Waals surface area (Å²) in [5.41, 5.74) is 2.07. The number of esters is 1. The highest BCUT2D eigenvalue weighted by molar-refractivity contribution is 8.26. The molecule has 0 unspecified atom stereocenters. The number of hydrogen-bond acceptors (Lipinski definition) is 5. The van der Waals surface area contributed by atoms with Crippen LogP contribution in [0.1, 0.15) is 45.1 Å². The van der Waals surface area contributed by atoms with E-state index in [0.717, 1.165) is 24.0 Å². The third kappa shape index (κ3) is 6.96. The molecule has 1 aromatic rings. The fraction of sp³-hybridized carbons (Fsp3) is 0.381. The first-order valence-corrected chi connectivity index (χ1v) is 10.4. The summed E-state index contributed by atoms with van der Waals surface area (Å²) in [6, 6.07) is 9.96. The van der Waals surface area contributed by atoms with Crippen molar-refractivity contribution in [2.75, 3.05) is 13.2 Å². The van der Waals surface area contributed by atoms with Gasteiger partial charge in [0.25, 0.3) is 5.91 Å². The molecule has 4 nitrogen and oxygen atoms in total. The first kappa shape index (κ1) is 21.4. The van der Waals surface area contributed by atoms with E-state index in [1.54, 1.807) is 4.90 Å². The van der Waals surface area contributed by atoms with Gasteiger partial charge in [0.1, 0.15) is 4.32 Å². The number of benzene rings is 1. The maximum absolute atomic E-state index is 12.6. The fourth-order valence-electron chi connectivity index (χ4n) is 2.54. The zero-order valence-corrected chi connectivity index (χ0v) is 17.4. The quantitative estimate of drug-likeness (QED) is 0.252. The Hall–Kier alpha value is -1.92. The highest BCUT2D eigenvalue weighted by Gasteiger charge is 2.31. The van der Waals surface area contributed by atoms with Crippen molar-refractivity contribution in [2.45, 2.75) is 39.5 Å². The van der Waals surface area contributed by atoms with Gasteiger partial charge >= 0.3 is 5.97 Å². The minimum absolute atomic E-state index is 0.0924. The molecule has 0 bridgehead atoms. The molecule has 1 aliphatic heterocycles. The van der Waals surface area contributed by atoms with E-state index in [1.807, 2.05) is 56.3 Å². The molecule has 1 fully saturated rings. The predicted molar refractivity (Wildman–Crippen MR) is 115 cm³/mol. The lowest BCUT2D eigenvalue weighted by Crippen LogP contribution is -2.29. The van der Waals surface area contributed by atoms with Crippen LogP contribution >= 0.6 is 24.0 Å². The maximum atomic E-state index is 12.6. The van der Waals surface area contributed by atoms with Crippen LogP contribution in [0.25, 0.3) is 6.08 Å². The van der Waals surface area contributed by atoms with E-state index in [1.165, 1.54) is 11.8 Å². The van der Waals surface area contributed by atoms with Crippen LogP contribution in [0, 0.1) is 0 Å². The van der Waals surface area contributed by atoms with Crippen molar-refractivity contribution in [3.8, 4) is 0 Å². The second kappa shape index (κ2) is 11.0. The van der Waals surface area contributed by atoms with E-state index in [-0.39, 0.29) is 11.9 Å². The van der Waals surface area contributed by atoms with E-state index in [9.17, 15) is 9.59 Å². The Morgan fingerprint density at radius 2 is 2.00 bits per heavy atom. The first-order chi connectivity index (χ1) is 13.0. The maximum Gasteiger partial charge on any atom is 0.305 e. The van der Waals surface area contributed by atoms with E-state index in [2.05, 4.69) is 0 Å². The van der Waals surface area contributed by atoms with Gasteiger partial charge in [0.15, 0.2) is 0 Å². The van der Waals surface area contributed by atoms with Gasteiger partial charge in [0, 0.05) is 13.0 Å². The normalized spacial score (nSPS) is 16.3. The van der Waals surface area contributed by atoms with Crippen LogP contribution < -0.4 is 0 Å². The monoisotopic (exact) mass is 403 g/mol. The summed E-state index contributed by atoms with van der Waals surface area (Å²) in [4.78, 5) is 26.4. The second-order valence-electron chi connectivity index (χ2n) is 6.31. The van der Waals surface area contributed by atoms with Crippen LogP contribution in [-0.2, 0) is 14.3 Å². The number of rotatable bonds is 9. The topological polar surface area (TPSA) is 46.6 Å². The largest absolute Gasteiger partial charge is 0.466 e. The van der Waals surface area contributed by atoms with Gasteiger partial charge < -0.3 is 4.74 Å². The summed E-state index contributed by atoms with van der Waals surface area (Å²) in [6.07, 6.45) is 6.61. The van der Waals surface area contributed by atoms with Crippen LogP contribution in [0.4, 0.5) is 0 Å². The van der Waals surface area contributed by atoms with Gasteiger partial charge in [-0.3, -0.25) is 14.5 Å². The molecular weight excluding hydrogens is 378 g/mol. The molecule has 1 saturated heterocycles. The van der Waals surface area contributed by atoms with E-state index >= 15 is 0 Å². The molecule has 0 radical (unpaired) electrons.